The molecule has 0 spiro atoms. The Morgan fingerprint density at radius 1 is 1.64 bits per heavy atom. The van der Waals surface area contributed by atoms with Crippen molar-refractivity contribution in [3.05, 3.63) is 12.2 Å². The quantitative estimate of drug-likeness (QED) is 0.422. The van der Waals surface area contributed by atoms with Gasteiger partial charge in [0.05, 0.1) is 0 Å². The third-order valence-electron chi connectivity index (χ3n) is 1.70. The largest absolute Gasteiger partial charge is 0.410 e. The van der Waals surface area contributed by atoms with Crippen molar-refractivity contribution in [2.45, 2.75) is 20.3 Å². The van der Waals surface area contributed by atoms with Gasteiger partial charge in [0.1, 0.15) is 5.71 Å². The van der Waals surface area contributed by atoms with Crippen molar-refractivity contribution in [1.82, 2.24) is 0 Å². The molecule has 1 rings (SSSR count). The SMILES string of the molecule is CC1(C)C=CC(=NO)C(=O)C1. The van der Waals surface area contributed by atoms with E-state index in [2.05, 4.69) is 5.16 Å². The van der Waals surface area contributed by atoms with E-state index in [9.17, 15) is 4.79 Å². The average Bonchev–Trinajstić information content (AvgIpc) is 1.86. The van der Waals surface area contributed by atoms with E-state index in [0.29, 0.717) is 6.42 Å². The summed E-state index contributed by atoms with van der Waals surface area (Å²) in [5.41, 5.74) is 0.0648. The number of carbonyl (C=O) groups is 1. The third kappa shape index (κ3) is 1.67. The summed E-state index contributed by atoms with van der Waals surface area (Å²) in [6.45, 7) is 3.94. The van der Waals surface area contributed by atoms with E-state index in [1.807, 2.05) is 19.9 Å². The van der Waals surface area contributed by atoms with Gasteiger partial charge in [0, 0.05) is 6.42 Å². The van der Waals surface area contributed by atoms with Crippen molar-refractivity contribution in [2.75, 3.05) is 0 Å². The summed E-state index contributed by atoms with van der Waals surface area (Å²) in [7, 11) is 0. The highest BCUT2D eigenvalue weighted by atomic mass is 16.4. The van der Waals surface area contributed by atoms with E-state index < -0.39 is 0 Å². The molecule has 0 aromatic heterocycles. The first kappa shape index (κ1) is 7.98. The molecule has 1 N–H and O–H groups in total. The van der Waals surface area contributed by atoms with E-state index in [0.717, 1.165) is 0 Å². The monoisotopic (exact) mass is 153 g/mol. The van der Waals surface area contributed by atoms with Crippen molar-refractivity contribution in [3.8, 4) is 0 Å². The topological polar surface area (TPSA) is 49.7 Å². The lowest BCUT2D eigenvalue weighted by Crippen LogP contribution is -2.25. The van der Waals surface area contributed by atoms with E-state index >= 15 is 0 Å². The molecule has 0 saturated carbocycles. The van der Waals surface area contributed by atoms with Crippen LogP contribution in [0.2, 0.25) is 0 Å². The maximum Gasteiger partial charge on any atom is 0.185 e. The molecule has 0 unspecified atom stereocenters. The molecular formula is C8H11NO2. The third-order valence-corrected chi connectivity index (χ3v) is 1.70. The lowest BCUT2D eigenvalue weighted by Gasteiger charge is -2.22. The van der Waals surface area contributed by atoms with E-state index in [-0.39, 0.29) is 16.9 Å². The van der Waals surface area contributed by atoms with Crippen molar-refractivity contribution in [2.24, 2.45) is 10.6 Å². The molecule has 0 aliphatic heterocycles. The Hall–Kier alpha value is -1.12. The minimum atomic E-state index is -0.0972. The lowest BCUT2D eigenvalue weighted by molar-refractivity contribution is -0.114. The number of allylic oxidation sites excluding steroid dienone is 2. The summed E-state index contributed by atoms with van der Waals surface area (Å²) in [6, 6.07) is 0. The van der Waals surface area contributed by atoms with Crippen LogP contribution in [0.5, 0.6) is 0 Å². The number of carbonyl (C=O) groups excluding carboxylic acids is 1. The second-order valence-electron chi connectivity index (χ2n) is 3.41. The molecule has 0 radical (unpaired) electrons. The molecule has 1 aliphatic carbocycles. The molecule has 11 heavy (non-hydrogen) atoms. The summed E-state index contributed by atoms with van der Waals surface area (Å²) in [5.74, 6) is -0.0972. The number of hydrogen-bond donors (Lipinski definition) is 1. The van der Waals surface area contributed by atoms with Crippen LogP contribution in [0.1, 0.15) is 20.3 Å². The summed E-state index contributed by atoms with van der Waals surface area (Å²) in [5, 5.41) is 11.2. The van der Waals surface area contributed by atoms with Gasteiger partial charge < -0.3 is 5.21 Å². The number of nitrogens with zero attached hydrogens (tertiary/aromatic N) is 1. The van der Waals surface area contributed by atoms with Crippen molar-refractivity contribution < 1.29 is 10.0 Å². The normalized spacial score (nSPS) is 26.0. The highest BCUT2D eigenvalue weighted by Gasteiger charge is 2.25. The number of ketones is 1. The standard InChI is InChI=1S/C8H11NO2/c1-8(2)4-3-6(9-11)7(10)5-8/h3-4,11H,5H2,1-2H3. The van der Waals surface area contributed by atoms with Gasteiger partial charge in [-0.15, -0.1) is 0 Å². The van der Waals surface area contributed by atoms with Gasteiger partial charge in [0.15, 0.2) is 5.78 Å². The first-order chi connectivity index (χ1) is 5.05. The zero-order valence-corrected chi connectivity index (χ0v) is 6.66. The van der Waals surface area contributed by atoms with Crippen LogP contribution in [0.4, 0.5) is 0 Å². The molecule has 0 amide bonds. The molecule has 0 heterocycles. The molecule has 0 aromatic carbocycles. The fourth-order valence-electron chi connectivity index (χ4n) is 1.05. The molecule has 3 heteroatoms. The van der Waals surface area contributed by atoms with Crippen LogP contribution in [0, 0.1) is 5.41 Å². The predicted molar refractivity (Wildman–Crippen MR) is 41.8 cm³/mol. The fourth-order valence-corrected chi connectivity index (χ4v) is 1.05. The molecule has 0 bridgehead atoms. The molecule has 0 aromatic rings. The van der Waals surface area contributed by atoms with Gasteiger partial charge >= 0.3 is 0 Å². The van der Waals surface area contributed by atoms with Gasteiger partial charge in [0.25, 0.3) is 0 Å². The fraction of sp³-hybridized carbons (Fsp3) is 0.500. The second kappa shape index (κ2) is 2.49. The maximum atomic E-state index is 11.1. The van der Waals surface area contributed by atoms with Crippen LogP contribution >= 0.6 is 0 Å². The molecule has 0 fully saturated rings. The summed E-state index contributed by atoms with van der Waals surface area (Å²) in [4.78, 5) is 11.1. The van der Waals surface area contributed by atoms with Crippen LogP contribution < -0.4 is 0 Å². The molecule has 0 atom stereocenters. The van der Waals surface area contributed by atoms with Crippen molar-refractivity contribution in [3.63, 3.8) is 0 Å². The van der Waals surface area contributed by atoms with Gasteiger partial charge in [-0.1, -0.05) is 25.1 Å². The molecule has 3 nitrogen and oxygen atoms in total. The zero-order chi connectivity index (χ0) is 8.48. The minimum Gasteiger partial charge on any atom is -0.410 e. The maximum absolute atomic E-state index is 11.1. The Labute approximate surface area is 65.4 Å². The molecular weight excluding hydrogens is 142 g/mol. The van der Waals surface area contributed by atoms with Gasteiger partial charge in [-0.05, 0) is 11.5 Å². The van der Waals surface area contributed by atoms with Crippen molar-refractivity contribution >= 4 is 11.5 Å². The molecule has 60 valence electrons. The molecule has 1 aliphatic rings. The van der Waals surface area contributed by atoms with Crippen LogP contribution in [0.3, 0.4) is 0 Å². The Kier molecular flexibility index (Phi) is 1.81. The van der Waals surface area contributed by atoms with Crippen LogP contribution in [-0.2, 0) is 4.79 Å². The van der Waals surface area contributed by atoms with Crippen LogP contribution in [0.25, 0.3) is 0 Å². The van der Waals surface area contributed by atoms with Crippen LogP contribution in [-0.4, -0.2) is 16.7 Å². The van der Waals surface area contributed by atoms with E-state index in [4.69, 9.17) is 5.21 Å². The summed E-state index contributed by atoms with van der Waals surface area (Å²) in [6.07, 6.45) is 3.86. The highest BCUT2D eigenvalue weighted by molar-refractivity contribution is 6.44. The lowest BCUT2D eigenvalue weighted by atomic mass is 9.82. The van der Waals surface area contributed by atoms with Gasteiger partial charge in [-0.3, -0.25) is 4.79 Å². The Balaban J connectivity index is 2.93. The number of rotatable bonds is 0. The summed E-state index contributed by atoms with van der Waals surface area (Å²) < 4.78 is 0. The van der Waals surface area contributed by atoms with E-state index in [1.54, 1.807) is 6.08 Å². The number of hydrogen-bond acceptors (Lipinski definition) is 3. The Bertz CT molecular complexity index is 238. The second-order valence-corrected chi connectivity index (χ2v) is 3.41. The van der Waals surface area contributed by atoms with Gasteiger partial charge in [0.2, 0.25) is 0 Å². The first-order valence-corrected chi connectivity index (χ1v) is 3.50. The van der Waals surface area contributed by atoms with Crippen molar-refractivity contribution in [1.29, 1.82) is 0 Å². The molecule has 0 saturated heterocycles. The summed E-state index contributed by atoms with van der Waals surface area (Å²) >= 11 is 0. The Morgan fingerprint density at radius 3 is 2.73 bits per heavy atom. The number of oxime groups is 1. The zero-order valence-electron chi connectivity index (χ0n) is 6.66. The number of Topliss-reactive ketones (excluding diaryl/α,β-unsaturated/α-hetero) is 1. The van der Waals surface area contributed by atoms with Gasteiger partial charge in [-0.25, -0.2) is 0 Å². The van der Waals surface area contributed by atoms with E-state index in [1.165, 1.54) is 0 Å². The predicted octanol–water partition coefficient (Wildman–Crippen LogP) is 1.37. The highest BCUT2D eigenvalue weighted by Crippen LogP contribution is 2.26. The van der Waals surface area contributed by atoms with Crippen LogP contribution in [0.15, 0.2) is 17.3 Å². The smallest absolute Gasteiger partial charge is 0.185 e. The average molecular weight is 153 g/mol. The first-order valence-electron chi connectivity index (χ1n) is 3.50. The minimum absolute atomic E-state index is 0.0920. The Morgan fingerprint density at radius 2 is 2.27 bits per heavy atom. The van der Waals surface area contributed by atoms with Gasteiger partial charge in [-0.2, -0.15) is 0 Å².